The highest BCUT2D eigenvalue weighted by atomic mass is 79.9. The molecule has 0 aliphatic rings. The molecule has 0 spiro atoms. The molecule has 0 bridgehead atoms. The highest BCUT2D eigenvalue weighted by molar-refractivity contribution is 9.11. The van der Waals surface area contributed by atoms with Gasteiger partial charge in [0.2, 0.25) is 5.88 Å². The molecule has 0 saturated heterocycles. The first-order valence-electron chi connectivity index (χ1n) is 5.95. The summed E-state index contributed by atoms with van der Waals surface area (Å²) in [6.07, 6.45) is 0.842. The van der Waals surface area contributed by atoms with Crippen LogP contribution in [0.3, 0.4) is 0 Å². The molecule has 21 heavy (non-hydrogen) atoms. The average Bonchev–Trinajstić information content (AvgIpc) is 2.97. The van der Waals surface area contributed by atoms with Gasteiger partial charge in [-0.05, 0) is 37.9 Å². The summed E-state index contributed by atoms with van der Waals surface area (Å²) in [7, 11) is 1.60. The largest absolute Gasteiger partial charge is 0.495 e. The van der Waals surface area contributed by atoms with Gasteiger partial charge in [-0.3, -0.25) is 0 Å². The molecule has 9 heteroatoms. The standard InChI is InChI=1S/C12H13Br2N3O3S/c1-19-11-3-10(8(13)2-9(11)14)15-4-7(18)6-20-12-5-16-21-17-12/h2-3,5,7,15,18H,4,6H2,1H3. The molecule has 114 valence electrons. The molecule has 1 heterocycles. The minimum absolute atomic E-state index is 0.143. The van der Waals surface area contributed by atoms with Gasteiger partial charge >= 0.3 is 0 Å². The van der Waals surface area contributed by atoms with E-state index in [1.165, 1.54) is 6.20 Å². The van der Waals surface area contributed by atoms with Crippen molar-refractivity contribution in [2.75, 3.05) is 25.6 Å². The topological polar surface area (TPSA) is 76.5 Å². The van der Waals surface area contributed by atoms with Crippen molar-refractivity contribution in [3.63, 3.8) is 0 Å². The van der Waals surface area contributed by atoms with Gasteiger partial charge in [0.1, 0.15) is 24.7 Å². The molecule has 0 amide bonds. The lowest BCUT2D eigenvalue weighted by atomic mass is 10.3. The Morgan fingerprint density at radius 3 is 2.86 bits per heavy atom. The van der Waals surface area contributed by atoms with Crippen LogP contribution < -0.4 is 14.8 Å². The number of hydrogen-bond donors (Lipinski definition) is 2. The lowest BCUT2D eigenvalue weighted by molar-refractivity contribution is 0.115. The van der Waals surface area contributed by atoms with E-state index in [0.717, 1.165) is 26.4 Å². The first-order chi connectivity index (χ1) is 10.1. The zero-order valence-corrected chi connectivity index (χ0v) is 15.0. The van der Waals surface area contributed by atoms with Crippen LogP contribution in [0.2, 0.25) is 0 Å². The highest BCUT2D eigenvalue weighted by Gasteiger charge is 2.10. The van der Waals surface area contributed by atoms with Gasteiger partial charge in [0.15, 0.2) is 0 Å². The Hall–Kier alpha value is -0.900. The third-order valence-corrected chi connectivity index (χ3v) is 4.27. The van der Waals surface area contributed by atoms with Gasteiger partial charge in [-0.15, -0.1) is 4.37 Å². The third kappa shape index (κ3) is 4.80. The first kappa shape index (κ1) is 16.5. The van der Waals surface area contributed by atoms with Gasteiger partial charge in [-0.1, -0.05) is 0 Å². The quantitative estimate of drug-likeness (QED) is 0.692. The van der Waals surface area contributed by atoms with Crippen LogP contribution in [-0.2, 0) is 0 Å². The van der Waals surface area contributed by atoms with Crippen molar-refractivity contribution in [3.8, 4) is 11.6 Å². The van der Waals surface area contributed by atoms with Crippen LogP contribution in [0.15, 0.2) is 27.3 Å². The van der Waals surface area contributed by atoms with Crippen LogP contribution >= 0.6 is 43.6 Å². The predicted molar refractivity (Wildman–Crippen MR) is 88.3 cm³/mol. The second-order valence-electron chi connectivity index (χ2n) is 4.06. The summed E-state index contributed by atoms with van der Waals surface area (Å²) in [6, 6.07) is 3.72. The van der Waals surface area contributed by atoms with Gasteiger partial charge in [0.05, 0.1) is 29.0 Å². The van der Waals surface area contributed by atoms with Crippen LogP contribution in [0, 0.1) is 0 Å². The minimum atomic E-state index is -0.673. The van der Waals surface area contributed by atoms with Gasteiger partial charge < -0.3 is 19.9 Å². The van der Waals surface area contributed by atoms with Crippen molar-refractivity contribution >= 4 is 49.3 Å². The van der Waals surface area contributed by atoms with Crippen LogP contribution in [0.25, 0.3) is 0 Å². The van der Waals surface area contributed by atoms with E-state index in [1.807, 2.05) is 12.1 Å². The molecular weight excluding hydrogens is 426 g/mol. The van der Waals surface area contributed by atoms with E-state index in [9.17, 15) is 5.11 Å². The van der Waals surface area contributed by atoms with E-state index in [2.05, 4.69) is 45.9 Å². The number of aliphatic hydroxyl groups excluding tert-OH is 1. The first-order valence-corrected chi connectivity index (χ1v) is 8.27. The zero-order chi connectivity index (χ0) is 15.2. The van der Waals surface area contributed by atoms with E-state index < -0.39 is 6.10 Å². The van der Waals surface area contributed by atoms with Crippen molar-refractivity contribution in [1.29, 1.82) is 0 Å². The van der Waals surface area contributed by atoms with Crippen molar-refractivity contribution in [3.05, 3.63) is 27.3 Å². The molecule has 0 fully saturated rings. The van der Waals surface area contributed by atoms with Gasteiger partial charge in [-0.25, -0.2) is 0 Å². The number of ether oxygens (including phenoxy) is 2. The SMILES string of the molecule is COc1cc(NCC(O)COc2cnsn2)c(Br)cc1Br. The Balaban J connectivity index is 1.87. The number of aliphatic hydroxyl groups is 1. The molecule has 0 aliphatic carbocycles. The molecule has 1 aromatic carbocycles. The van der Waals surface area contributed by atoms with Gasteiger partial charge in [0.25, 0.3) is 0 Å². The Kier molecular flexibility index (Phi) is 6.22. The molecule has 1 aromatic heterocycles. The molecule has 6 nitrogen and oxygen atoms in total. The summed E-state index contributed by atoms with van der Waals surface area (Å²) in [6.45, 7) is 0.477. The number of nitrogens with zero attached hydrogens (tertiary/aromatic N) is 2. The summed E-state index contributed by atoms with van der Waals surface area (Å²) in [5.41, 5.74) is 0.824. The fourth-order valence-electron chi connectivity index (χ4n) is 1.51. The lowest BCUT2D eigenvalue weighted by Crippen LogP contribution is -2.26. The highest BCUT2D eigenvalue weighted by Crippen LogP contribution is 2.34. The van der Waals surface area contributed by atoms with E-state index in [-0.39, 0.29) is 6.61 Å². The van der Waals surface area contributed by atoms with Gasteiger partial charge in [0, 0.05) is 17.1 Å². The smallest absolute Gasteiger partial charge is 0.245 e. The molecule has 0 aliphatic heterocycles. The zero-order valence-electron chi connectivity index (χ0n) is 11.0. The molecule has 2 rings (SSSR count). The van der Waals surface area contributed by atoms with E-state index in [0.29, 0.717) is 18.2 Å². The monoisotopic (exact) mass is 437 g/mol. The number of halogens is 2. The predicted octanol–water partition coefficient (Wildman–Crippen LogP) is 2.92. The molecule has 2 aromatic rings. The Morgan fingerprint density at radius 2 is 2.19 bits per heavy atom. The molecule has 2 N–H and O–H groups in total. The number of anilines is 1. The maximum atomic E-state index is 9.89. The second-order valence-corrected chi connectivity index (χ2v) is 6.32. The molecule has 0 saturated carbocycles. The Morgan fingerprint density at radius 1 is 1.38 bits per heavy atom. The summed E-state index contributed by atoms with van der Waals surface area (Å²) < 4.78 is 20.0. The Labute approximate surface area is 143 Å². The second kappa shape index (κ2) is 7.92. The summed E-state index contributed by atoms with van der Waals surface area (Å²) >= 11 is 7.92. The van der Waals surface area contributed by atoms with Crippen molar-refractivity contribution in [1.82, 2.24) is 8.75 Å². The van der Waals surface area contributed by atoms with Crippen LogP contribution in [0.1, 0.15) is 0 Å². The number of benzene rings is 1. The van der Waals surface area contributed by atoms with E-state index in [4.69, 9.17) is 9.47 Å². The number of rotatable bonds is 7. The average molecular weight is 439 g/mol. The lowest BCUT2D eigenvalue weighted by Gasteiger charge is -2.15. The van der Waals surface area contributed by atoms with Gasteiger partial charge in [-0.2, -0.15) is 4.37 Å². The maximum Gasteiger partial charge on any atom is 0.245 e. The number of aromatic nitrogens is 2. The molecule has 1 atom stereocenters. The fourth-order valence-corrected chi connectivity index (χ4v) is 3.17. The Bertz CT molecular complexity index is 583. The number of methoxy groups -OCH3 is 1. The van der Waals surface area contributed by atoms with Crippen molar-refractivity contribution in [2.45, 2.75) is 6.10 Å². The van der Waals surface area contributed by atoms with Crippen LogP contribution in [-0.4, -0.2) is 40.2 Å². The number of nitrogens with one attached hydrogen (secondary N) is 1. The molecule has 0 radical (unpaired) electrons. The van der Waals surface area contributed by atoms with Crippen LogP contribution in [0.5, 0.6) is 11.6 Å². The fraction of sp³-hybridized carbons (Fsp3) is 0.333. The van der Waals surface area contributed by atoms with Crippen LogP contribution in [0.4, 0.5) is 5.69 Å². The van der Waals surface area contributed by atoms with E-state index >= 15 is 0 Å². The van der Waals surface area contributed by atoms with Crippen molar-refractivity contribution < 1.29 is 14.6 Å². The molecular formula is C12H13Br2N3O3S. The minimum Gasteiger partial charge on any atom is -0.495 e. The maximum absolute atomic E-state index is 9.89. The summed E-state index contributed by atoms with van der Waals surface area (Å²) in [5, 5.41) is 13.0. The third-order valence-electron chi connectivity index (χ3n) is 2.53. The number of hydrogen-bond acceptors (Lipinski definition) is 7. The van der Waals surface area contributed by atoms with Crippen molar-refractivity contribution in [2.24, 2.45) is 0 Å². The summed E-state index contributed by atoms with van der Waals surface area (Å²) in [5.74, 6) is 1.13. The molecule has 1 unspecified atom stereocenters. The summed E-state index contributed by atoms with van der Waals surface area (Å²) in [4.78, 5) is 0. The van der Waals surface area contributed by atoms with E-state index in [1.54, 1.807) is 7.11 Å². The normalized spacial score (nSPS) is 12.0.